The third kappa shape index (κ3) is 2.65. The van der Waals surface area contributed by atoms with Crippen LogP contribution in [0, 0.1) is 10.1 Å². The number of H-pyrrole nitrogens is 1. The summed E-state index contributed by atoms with van der Waals surface area (Å²) in [4.78, 5) is 25.6. The number of nitro benzene ring substituents is 1. The number of nitrogens with zero attached hydrogens (tertiary/aromatic N) is 3. The molecule has 1 aromatic heterocycles. The third-order valence-electron chi connectivity index (χ3n) is 2.27. The minimum Gasteiger partial charge on any atom is -0.495 e. The van der Waals surface area contributed by atoms with E-state index in [9.17, 15) is 14.9 Å². The Labute approximate surface area is 106 Å². The second-order valence-electron chi connectivity index (χ2n) is 3.43. The SMILES string of the molecule is COc1ccc([N+](=O)[O-])cc1NC(=O)c1ncn[nH]1. The second kappa shape index (κ2) is 5.12. The van der Waals surface area contributed by atoms with Gasteiger partial charge in [0.2, 0.25) is 5.82 Å². The van der Waals surface area contributed by atoms with Gasteiger partial charge in [-0.15, -0.1) is 0 Å². The van der Waals surface area contributed by atoms with E-state index in [2.05, 4.69) is 20.5 Å². The molecule has 0 atom stereocenters. The van der Waals surface area contributed by atoms with Crippen LogP contribution in [-0.4, -0.2) is 33.1 Å². The molecule has 2 N–H and O–H groups in total. The lowest BCUT2D eigenvalue weighted by atomic mass is 10.2. The third-order valence-corrected chi connectivity index (χ3v) is 2.27. The molecular formula is C10H9N5O4. The Kier molecular flexibility index (Phi) is 3.37. The Balaban J connectivity index is 2.30. The molecule has 9 nitrogen and oxygen atoms in total. The number of non-ortho nitro benzene ring substituents is 1. The Morgan fingerprint density at radius 1 is 1.53 bits per heavy atom. The van der Waals surface area contributed by atoms with Crippen LogP contribution in [0.3, 0.4) is 0 Å². The highest BCUT2D eigenvalue weighted by molar-refractivity contribution is 6.02. The predicted octanol–water partition coefficient (Wildman–Crippen LogP) is 0.974. The van der Waals surface area contributed by atoms with Gasteiger partial charge in [-0.3, -0.25) is 20.0 Å². The van der Waals surface area contributed by atoms with E-state index < -0.39 is 10.8 Å². The number of amides is 1. The number of methoxy groups -OCH3 is 1. The molecule has 2 rings (SSSR count). The molecule has 0 aliphatic carbocycles. The van der Waals surface area contributed by atoms with E-state index in [1.807, 2.05) is 0 Å². The second-order valence-corrected chi connectivity index (χ2v) is 3.43. The number of nitrogens with one attached hydrogen (secondary N) is 2. The fraction of sp³-hybridized carbons (Fsp3) is 0.100. The number of benzene rings is 1. The van der Waals surface area contributed by atoms with E-state index in [-0.39, 0.29) is 17.2 Å². The van der Waals surface area contributed by atoms with E-state index in [4.69, 9.17) is 4.74 Å². The van der Waals surface area contributed by atoms with Gasteiger partial charge in [-0.05, 0) is 6.07 Å². The number of carbonyl (C=O) groups is 1. The number of nitro groups is 1. The van der Waals surface area contributed by atoms with E-state index in [0.717, 1.165) is 0 Å². The van der Waals surface area contributed by atoms with Crippen LogP contribution in [0.25, 0.3) is 0 Å². The summed E-state index contributed by atoms with van der Waals surface area (Å²) in [6.07, 6.45) is 1.18. The Hall–Kier alpha value is -2.97. The Bertz CT molecular complexity index is 610. The smallest absolute Gasteiger partial charge is 0.293 e. The van der Waals surface area contributed by atoms with Crippen molar-refractivity contribution in [3.63, 3.8) is 0 Å². The van der Waals surface area contributed by atoms with Crippen LogP contribution < -0.4 is 10.1 Å². The summed E-state index contributed by atoms with van der Waals surface area (Å²) < 4.78 is 5.01. The molecule has 2 aromatic rings. The molecule has 0 saturated carbocycles. The molecule has 0 radical (unpaired) electrons. The number of rotatable bonds is 4. The number of ether oxygens (including phenoxy) is 1. The van der Waals surface area contributed by atoms with Gasteiger partial charge >= 0.3 is 0 Å². The average Bonchev–Trinajstić information content (AvgIpc) is 2.92. The first kappa shape index (κ1) is 12.5. The van der Waals surface area contributed by atoms with Gasteiger partial charge in [-0.2, -0.15) is 5.10 Å². The quantitative estimate of drug-likeness (QED) is 0.625. The van der Waals surface area contributed by atoms with Gasteiger partial charge in [0.15, 0.2) is 0 Å². The molecule has 0 saturated heterocycles. The first-order valence-electron chi connectivity index (χ1n) is 5.11. The van der Waals surface area contributed by atoms with E-state index in [0.29, 0.717) is 5.75 Å². The molecule has 0 spiro atoms. The van der Waals surface area contributed by atoms with Crippen LogP contribution in [0.2, 0.25) is 0 Å². The zero-order valence-corrected chi connectivity index (χ0v) is 9.78. The van der Waals surface area contributed by atoms with Gasteiger partial charge in [-0.25, -0.2) is 4.98 Å². The van der Waals surface area contributed by atoms with Crippen LogP contribution in [0.4, 0.5) is 11.4 Å². The van der Waals surface area contributed by atoms with Crippen molar-refractivity contribution in [1.82, 2.24) is 15.2 Å². The molecule has 98 valence electrons. The highest BCUT2D eigenvalue weighted by Gasteiger charge is 2.15. The van der Waals surface area contributed by atoms with Gasteiger partial charge < -0.3 is 10.1 Å². The summed E-state index contributed by atoms with van der Waals surface area (Å²) in [5.74, 6) is -0.275. The van der Waals surface area contributed by atoms with Gasteiger partial charge in [-0.1, -0.05) is 0 Å². The van der Waals surface area contributed by atoms with Crippen LogP contribution >= 0.6 is 0 Å². The van der Waals surface area contributed by atoms with Gasteiger partial charge in [0.05, 0.1) is 17.7 Å². The minimum absolute atomic E-state index is 0.00596. The fourth-order valence-electron chi connectivity index (χ4n) is 1.40. The maximum Gasteiger partial charge on any atom is 0.293 e. The first-order chi connectivity index (χ1) is 9.11. The summed E-state index contributed by atoms with van der Waals surface area (Å²) in [5.41, 5.74) is 0.0202. The van der Waals surface area contributed by atoms with Gasteiger partial charge in [0.25, 0.3) is 11.6 Å². The highest BCUT2D eigenvalue weighted by atomic mass is 16.6. The molecule has 0 unspecified atom stereocenters. The molecule has 0 fully saturated rings. The molecule has 0 aliphatic rings. The van der Waals surface area contributed by atoms with Crippen molar-refractivity contribution in [1.29, 1.82) is 0 Å². The maximum atomic E-state index is 11.8. The fourth-order valence-corrected chi connectivity index (χ4v) is 1.40. The molecule has 19 heavy (non-hydrogen) atoms. The van der Waals surface area contributed by atoms with Crippen molar-refractivity contribution < 1.29 is 14.5 Å². The number of anilines is 1. The Morgan fingerprint density at radius 3 is 2.89 bits per heavy atom. The molecule has 1 aromatic carbocycles. The molecule has 9 heteroatoms. The minimum atomic E-state index is -0.573. The van der Waals surface area contributed by atoms with Crippen molar-refractivity contribution in [2.24, 2.45) is 0 Å². The maximum absolute atomic E-state index is 11.8. The van der Waals surface area contributed by atoms with Crippen molar-refractivity contribution in [3.8, 4) is 5.75 Å². The van der Waals surface area contributed by atoms with E-state index >= 15 is 0 Å². The summed E-state index contributed by atoms with van der Waals surface area (Å²) in [6, 6.07) is 3.88. The van der Waals surface area contributed by atoms with Crippen LogP contribution in [0.1, 0.15) is 10.6 Å². The van der Waals surface area contributed by atoms with E-state index in [1.165, 1.54) is 31.6 Å². The zero-order chi connectivity index (χ0) is 13.8. The monoisotopic (exact) mass is 263 g/mol. The van der Waals surface area contributed by atoms with Crippen molar-refractivity contribution in [3.05, 3.63) is 40.5 Å². The highest BCUT2D eigenvalue weighted by Crippen LogP contribution is 2.28. The van der Waals surface area contributed by atoms with Crippen molar-refractivity contribution in [2.75, 3.05) is 12.4 Å². The van der Waals surface area contributed by atoms with Crippen LogP contribution in [-0.2, 0) is 0 Å². The molecular weight excluding hydrogens is 254 g/mol. The zero-order valence-electron chi connectivity index (χ0n) is 9.78. The number of hydrogen-bond donors (Lipinski definition) is 2. The molecule has 0 aliphatic heterocycles. The van der Waals surface area contributed by atoms with Crippen molar-refractivity contribution >= 4 is 17.3 Å². The average molecular weight is 263 g/mol. The van der Waals surface area contributed by atoms with Crippen LogP contribution in [0.15, 0.2) is 24.5 Å². The number of hydrogen-bond acceptors (Lipinski definition) is 6. The summed E-state index contributed by atoms with van der Waals surface area (Å²) in [6.45, 7) is 0. The summed E-state index contributed by atoms with van der Waals surface area (Å²) in [5, 5.41) is 19.1. The molecule has 1 amide bonds. The lowest BCUT2D eigenvalue weighted by molar-refractivity contribution is -0.384. The predicted molar refractivity (Wildman–Crippen MR) is 64.0 cm³/mol. The summed E-state index contributed by atoms with van der Waals surface area (Å²) in [7, 11) is 1.39. The first-order valence-corrected chi connectivity index (χ1v) is 5.11. The van der Waals surface area contributed by atoms with Crippen LogP contribution in [0.5, 0.6) is 5.75 Å². The number of aromatic amines is 1. The number of aromatic nitrogens is 3. The Morgan fingerprint density at radius 2 is 2.32 bits per heavy atom. The van der Waals surface area contributed by atoms with E-state index in [1.54, 1.807) is 0 Å². The molecule has 0 bridgehead atoms. The van der Waals surface area contributed by atoms with Gasteiger partial charge in [0, 0.05) is 12.1 Å². The van der Waals surface area contributed by atoms with Gasteiger partial charge in [0.1, 0.15) is 12.1 Å². The molecule has 1 heterocycles. The topological polar surface area (TPSA) is 123 Å². The lowest BCUT2D eigenvalue weighted by Gasteiger charge is -2.08. The largest absolute Gasteiger partial charge is 0.495 e. The standard InChI is InChI=1S/C10H9N5O4/c1-19-8-3-2-6(15(17)18)4-7(8)13-10(16)9-11-5-12-14-9/h2-5H,1H3,(H,13,16)(H,11,12,14). The van der Waals surface area contributed by atoms with Crippen molar-refractivity contribution in [2.45, 2.75) is 0 Å². The number of carbonyl (C=O) groups excluding carboxylic acids is 1. The normalized spacial score (nSPS) is 9.95. The lowest BCUT2D eigenvalue weighted by Crippen LogP contribution is -2.14. The summed E-state index contributed by atoms with van der Waals surface area (Å²) >= 11 is 0.